The normalized spacial score (nSPS) is 13.7. The number of aryl methyl sites for hydroxylation is 1. The number of ketones is 1. The number of ether oxygens (including phenoxy) is 1. The maximum absolute atomic E-state index is 12.0. The third-order valence-electron chi connectivity index (χ3n) is 3.50. The topological polar surface area (TPSA) is 63.7 Å². The molecule has 0 fully saturated rings. The van der Waals surface area contributed by atoms with E-state index < -0.39 is 11.7 Å². The molecular formula is C15H17NO4. The van der Waals surface area contributed by atoms with E-state index in [1.807, 2.05) is 19.9 Å². The zero-order valence-electron chi connectivity index (χ0n) is 11.9. The Labute approximate surface area is 117 Å². The summed E-state index contributed by atoms with van der Waals surface area (Å²) in [5.74, 6) is -1.45. The number of carbonyl (C=O) groups excluding carboxylic acids is 3. The fourth-order valence-corrected chi connectivity index (χ4v) is 2.32. The molecule has 0 spiro atoms. The Morgan fingerprint density at radius 1 is 1.25 bits per heavy atom. The standard InChI is InChI=1S/C15H17NO4/c1-4-20-12(17)7-8-16-13-10(3)9(2)5-6-11(13)14(18)15(16)19/h5-6H,4,7-8H2,1-3H3. The lowest BCUT2D eigenvalue weighted by atomic mass is 10.0. The first-order valence-corrected chi connectivity index (χ1v) is 6.59. The molecule has 1 heterocycles. The van der Waals surface area contributed by atoms with Crippen molar-refractivity contribution in [1.82, 2.24) is 0 Å². The van der Waals surface area contributed by atoms with Crippen LogP contribution in [0.2, 0.25) is 0 Å². The van der Waals surface area contributed by atoms with Crippen LogP contribution >= 0.6 is 0 Å². The van der Waals surface area contributed by atoms with E-state index in [2.05, 4.69) is 0 Å². The highest BCUT2D eigenvalue weighted by Gasteiger charge is 2.37. The molecule has 1 amide bonds. The van der Waals surface area contributed by atoms with Crippen LogP contribution in [0, 0.1) is 13.8 Å². The molecule has 1 aliphatic heterocycles. The number of amides is 1. The van der Waals surface area contributed by atoms with E-state index in [0.717, 1.165) is 11.1 Å². The minimum atomic E-state index is -0.571. The number of anilines is 1. The van der Waals surface area contributed by atoms with Gasteiger partial charge in [-0.1, -0.05) is 6.07 Å². The monoisotopic (exact) mass is 275 g/mol. The fourth-order valence-electron chi connectivity index (χ4n) is 2.32. The Kier molecular flexibility index (Phi) is 3.88. The van der Waals surface area contributed by atoms with Crippen LogP contribution in [-0.2, 0) is 14.3 Å². The molecule has 0 atom stereocenters. The molecule has 0 unspecified atom stereocenters. The maximum atomic E-state index is 12.0. The molecule has 0 aromatic heterocycles. The average molecular weight is 275 g/mol. The van der Waals surface area contributed by atoms with Crippen LogP contribution in [0.25, 0.3) is 0 Å². The first kappa shape index (κ1) is 14.2. The Morgan fingerprint density at radius 3 is 2.60 bits per heavy atom. The predicted molar refractivity (Wildman–Crippen MR) is 73.8 cm³/mol. The van der Waals surface area contributed by atoms with Crippen molar-refractivity contribution in [1.29, 1.82) is 0 Å². The summed E-state index contributed by atoms with van der Waals surface area (Å²) in [6, 6.07) is 3.50. The van der Waals surface area contributed by atoms with Crippen LogP contribution in [0.1, 0.15) is 34.8 Å². The summed E-state index contributed by atoms with van der Waals surface area (Å²) in [7, 11) is 0. The van der Waals surface area contributed by atoms with Gasteiger partial charge in [0, 0.05) is 6.54 Å². The van der Waals surface area contributed by atoms with Crippen molar-refractivity contribution in [2.24, 2.45) is 0 Å². The highest BCUT2D eigenvalue weighted by molar-refractivity contribution is 6.52. The van der Waals surface area contributed by atoms with Crippen molar-refractivity contribution < 1.29 is 19.1 Å². The second-order valence-corrected chi connectivity index (χ2v) is 4.74. The number of hydrogen-bond donors (Lipinski definition) is 0. The Bertz CT molecular complexity index is 592. The van der Waals surface area contributed by atoms with Gasteiger partial charge in [-0.3, -0.25) is 14.4 Å². The predicted octanol–water partition coefficient (Wildman–Crippen LogP) is 1.79. The van der Waals surface area contributed by atoms with Crippen molar-refractivity contribution in [2.45, 2.75) is 27.2 Å². The van der Waals surface area contributed by atoms with Gasteiger partial charge in [0.1, 0.15) is 0 Å². The molecule has 2 rings (SSSR count). The van der Waals surface area contributed by atoms with E-state index in [9.17, 15) is 14.4 Å². The number of nitrogens with zero attached hydrogens (tertiary/aromatic N) is 1. The van der Waals surface area contributed by atoms with Crippen LogP contribution in [0.15, 0.2) is 12.1 Å². The number of esters is 1. The van der Waals surface area contributed by atoms with Crippen LogP contribution in [-0.4, -0.2) is 30.8 Å². The minimum absolute atomic E-state index is 0.0830. The summed E-state index contributed by atoms with van der Waals surface area (Å²) in [4.78, 5) is 36.7. The molecule has 1 aromatic rings. The fraction of sp³-hybridized carbons (Fsp3) is 0.400. The van der Waals surface area contributed by atoms with E-state index >= 15 is 0 Å². The Balaban J connectivity index is 2.28. The number of benzene rings is 1. The number of hydrogen-bond acceptors (Lipinski definition) is 4. The molecule has 20 heavy (non-hydrogen) atoms. The molecule has 5 heteroatoms. The van der Waals surface area contributed by atoms with E-state index in [4.69, 9.17) is 4.74 Å². The first-order valence-electron chi connectivity index (χ1n) is 6.59. The van der Waals surface area contributed by atoms with Gasteiger partial charge in [-0.2, -0.15) is 0 Å². The second-order valence-electron chi connectivity index (χ2n) is 4.74. The van der Waals surface area contributed by atoms with Crippen molar-refractivity contribution in [2.75, 3.05) is 18.1 Å². The highest BCUT2D eigenvalue weighted by Crippen LogP contribution is 2.34. The number of carbonyl (C=O) groups is 3. The molecule has 1 aromatic carbocycles. The second kappa shape index (κ2) is 5.45. The van der Waals surface area contributed by atoms with Gasteiger partial charge in [-0.25, -0.2) is 0 Å². The quantitative estimate of drug-likeness (QED) is 0.620. The molecular weight excluding hydrogens is 258 g/mol. The highest BCUT2D eigenvalue weighted by atomic mass is 16.5. The third kappa shape index (κ3) is 2.31. The third-order valence-corrected chi connectivity index (χ3v) is 3.50. The average Bonchev–Trinajstić information content (AvgIpc) is 2.65. The van der Waals surface area contributed by atoms with Gasteiger partial charge in [0.25, 0.3) is 11.7 Å². The molecule has 0 N–H and O–H groups in total. The van der Waals surface area contributed by atoms with Gasteiger partial charge >= 0.3 is 5.97 Å². The number of rotatable bonds is 4. The van der Waals surface area contributed by atoms with Gasteiger partial charge in [0.2, 0.25) is 0 Å². The van der Waals surface area contributed by atoms with Gasteiger partial charge in [-0.15, -0.1) is 0 Å². The lowest BCUT2D eigenvalue weighted by Gasteiger charge is -2.18. The molecule has 0 saturated carbocycles. The summed E-state index contributed by atoms with van der Waals surface area (Å²) in [6.45, 7) is 6.00. The largest absolute Gasteiger partial charge is 0.466 e. The lowest BCUT2D eigenvalue weighted by Crippen LogP contribution is -2.32. The van der Waals surface area contributed by atoms with Gasteiger partial charge < -0.3 is 9.64 Å². The smallest absolute Gasteiger partial charge is 0.307 e. The summed E-state index contributed by atoms with van der Waals surface area (Å²) in [5.41, 5.74) is 2.95. The summed E-state index contributed by atoms with van der Waals surface area (Å²) < 4.78 is 4.84. The maximum Gasteiger partial charge on any atom is 0.307 e. The van der Waals surface area contributed by atoms with Crippen LogP contribution in [0.4, 0.5) is 5.69 Å². The van der Waals surface area contributed by atoms with Crippen molar-refractivity contribution >= 4 is 23.3 Å². The first-order chi connectivity index (χ1) is 9.47. The van der Waals surface area contributed by atoms with Crippen molar-refractivity contribution in [3.05, 3.63) is 28.8 Å². The zero-order valence-corrected chi connectivity index (χ0v) is 11.9. The Hall–Kier alpha value is -2.17. The summed E-state index contributed by atoms with van der Waals surface area (Å²) >= 11 is 0. The number of Topliss-reactive ketones (excluding diaryl/α,β-unsaturated/α-hetero) is 1. The van der Waals surface area contributed by atoms with Crippen LogP contribution in [0.5, 0.6) is 0 Å². The number of fused-ring (bicyclic) bond motifs is 1. The summed E-state index contributed by atoms with van der Waals surface area (Å²) in [5, 5.41) is 0. The summed E-state index contributed by atoms with van der Waals surface area (Å²) in [6.07, 6.45) is 0.0830. The molecule has 5 nitrogen and oxygen atoms in total. The molecule has 0 bridgehead atoms. The van der Waals surface area contributed by atoms with Crippen molar-refractivity contribution in [3.63, 3.8) is 0 Å². The van der Waals surface area contributed by atoms with E-state index in [-0.39, 0.29) is 18.9 Å². The van der Waals surface area contributed by atoms with Gasteiger partial charge in [-0.05, 0) is 38.0 Å². The zero-order chi connectivity index (χ0) is 14.9. The lowest BCUT2D eigenvalue weighted by molar-refractivity contribution is -0.142. The Morgan fingerprint density at radius 2 is 1.95 bits per heavy atom. The van der Waals surface area contributed by atoms with Gasteiger partial charge in [0.15, 0.2) is 0 Å². The SMILES string of the molecule is CCOC(=O)CCN1C(=O)C(=O)c2ccc(C)c(C)c21. The van der Waals surface area contributed by atoms with E-state index in [0.29, 0.717) is 17.9 Å². The van der Waals surface area contributed by atoms with Crippen molar-refractivity contribution in [3.8, 4) is 0 Å². The van der Waals surface area contributed by atoms with Gasteiger partial charge in [0.05, 0.1) is 24.3 Å². The molecule has 0 aliphatic carbocycles. The van der Waals surface area contributed by atoms with Crippen LogP contribution < -0.4 is 4.90 Å². The molecule has 0 radical (unpaired) electrons. The molecule has 106 valence electrons. The molecule has 0 saturated heterocycles. The minimum Gasteiger partial charge on any atom is -0.466 e. The van der Waals surface area contributed by atoms with E-state index in [1.54, 1.807) is 13.0 Å². The van der Waals surface area contributed by atoms with Crippen LogP contribution in [0.3, 0.4) is 0 Å². The molecule has 1 aliphatic rings. The van der Waals surface area contributed by atoms with E-state index in [1.165, 1.54) is 4.90 Å².